The number of pyridine rings is 1. The molecule has 1 unspecified atom stereocenters. The predicted octanol–water partition coefficient (Wildman–Crippen LogP) is 3.53. The van der Waals surface area contributed by atoms with Crippen molar-refractivity contribution in [2.45, 2.75) is 26.3 Å². The van der Waals surface area contributed by atoms with Gasteiger partial charge in [-0.3, -0.25) is 14.2 Å². The van der Waals surface area contributed by atoms with E-state index in [1.165, 1.54) is 4.57 Å². The number of amides is 1. The van der Waals surface area contributed by atoms with E-state index in [1.54, 1.807) is 37.6 Å². The van der Waals surface area contributed by atoms with Crippen LogP contribution in [0.3, 0.4) is 0 Å². The lowest BCUT2D eigenvalue weighted by molar-refractivity contribution is 0.0940. The minimum Gasteiger partial charge on any atom is -0.497 e. The number of hydrogen-bond donors (Lipinski definition) is 1. The van der Waals surface area contributed by atoms with Crippen molar-refractivity contribution in [3.05, 3.63) is 70.6 Å². The number of nitrogens with one attached hydrogen (secondary N) is 1. The summed E-state index contributed by atoms with van der Waals surface area (Å²) in [6.45, 7) is 3.97. The number of fused-ring (bicyclic) bond motifs is 1. The van der Waals surface area contributed by atoms with E-state index < -0.39 is 0 Å². The first-order valence-corrected chi connectivity index (χ1v) is 8.64. The Morgan fingerprint density at radius 2 is 1.88 bits per heavy atom. The molecule has 0 saturated carbocycles. The SMILES string of the molecule is CCC(C)NC(=O)c1cn(-c2cccc(OC)c2)c(=O)c2ccccc12. The van der Waals surface area contributed by atoms with Gasteiger partial charge in [-0.15, -0.1) is 0 Å². The Hall–Kier alpha value is -3.08. The molecule has 3 rings (SSSR count). The number of carbonyl (C=O) groups excluding carboxylic acids is 1. The summed E-state index contributed by atoms with van der Waals surface area (Å²) >= 11 is 0. The molecule has 1 aromatic heterocycles. The average Bonchev–Trinajstić information content (AvgIpc) is 2.68. The fourth-order valence-corrected chi connectivity index (χ4v) is 2.83. The van der Waals surface area contributed by atoms with Gasteiger partial charge in [-0.1, -0.05) is 31.2 Å². The highest BCUT2D eigenvalue weighted by atomic mass is 16.5. The largest absolute Gasteiger partial charge is 0.497 e. The zero-order valence-electron chi connectivity index (χ0n) is 15.2. The summed E-state index contributed by atoms with van der Waals surface area (Å²) in [5.41, 5.74) is 0.954. The van der Waals surface area contributed by atoms with Gasteiger partial charge in [-0.25, -0.2) is 0 Å². The average molecular weight is 350 g/mol. The van der Waals surface area contributed by atoms with Crippen molar-refractivity contribution < 1.29 is 9.53 Å². The smallest absolute Gasteiger partial charge is 0.262 e. The van der Waals surface area contributed by atoms with E-state index in [9.17, 15) is 9.59 Å². The Balaban J connectivity index is 2.23. The van der Waals surface area contributed by atoms with E-state index in [0.29, 0.717) is 27.8 Å². The number of methoxy groups -OCH3 is 1. The number of aromatic nitrogens is 1. The number of nitrogens with zero attached hydrogens (tertiary/aromatic N) is 1. The Labute approximate surface area is 152 Å². The van der Waals surface area contributed by atoms with Crippen molar-refractivity contribution in [1.29, 1.82) is 0 Å². The third-order valence-corrected chi connectivity index (χ3v) is 4.49. The maximum absolute atomic E-state index is 13.0. The van der Waals surface area contributed by atoms with E-state index in [2.05, 4.69) is 5.32 Å². The first-order chi connectivity index (χ1) is 12.5. The topological polar surface area (TPSA) is 60.3 Å². The highest BCUT2D eigenvalue weighted by Gasteiger charge is 2.16. The maximum atomic E-state index is 13.0. The van der Waals surface area contributed by atoms with Gasteiger partial charge >= 0.3 is 0 Å². The Bertz CT molecular complexity index is 1010. The molecule has 0 bridgehead atoms. The number of rotatable bonds is 5. The molecule has 0 radical (unpaired) electrons. The van der Waals surface area contributed by atoms with E-state index in [1.807, 2.05) is 38.1 Å². The van der Waals surface area contributed by atoms with Crippen LogP contribution in [0.4, 0.5) is 0 Å². The summed E-state index contributed by atoms with van der Waals surface area (Å²) in [5.74, 6) is 0.459. The van der Waals surface area contributed by atoms with Crippen LogP contribution < -0.4 is 15.6 Å². The molecular formula is C21H22N2O3. The third-order valence-electron chi connectivity index (χ3n) is 4.49. The van der Waals surface area contributed by atoms with Crippen LogP contribution in [0.15, 0.2) is 59.5 Å². The summed E-state index contributed by atoms with van der Waals surface area (Å²) < 4.78 is 6.75. The normalized spacial score (nSPS) is 12.0. The molecule has 1 heterocycles. The van der Waals surface area contributed by atoms with Gasteiger partial charge in [0.2, 0.25) is 0 Å². The zero-order valence-corrected chi connectivity index (χ0v) is 15.2. The van der Waals surface area contributed by atoms with Gasteiger partial charge in [-0.05, 0) is 31.5 Å². The summed E-state index contributed by atoms with van der Waals surface area (Å²) in [7, 11) is 1.58. The van der Waals surface area contributed by atoms with Crippen LogP contribution in [0.25, 0.3) is 16.5 Å². The van der Waals surface area contributed by atoms with Crippen LogP contribution in [0, 0.1) is 0 Å². The second-order valence-corrected chi connectivity index (χ2v) is 6.25. The molecule has 0 fully saturated rings. The molecule has 0 saturated heterocycles. The minimum atomic E-state index is -0.188. The van der Waals surface area contributed by atoms with Crippen molar-refractivity contribution in [3.8, 4) is 11.4 Å². The lowest BCUT2D eigenvalue weighted by Crippen LogP contribution is -2.33. The quantitative estimate of drug-likeness (QED) is 0.766. The predicted molar refractivity (Wildman–Crippen MR) is 103 cm³/mol. The number of carbonyl (C=O) groups is 1. The standard InChI is InChI=1S/C21H22N2O3/c1-4-14(2)22-20(24)19-13-23(15-8-7-9-16(12-15)26-3)21(25)18-11-6-5-10-17(18)19/h5-14H,4H2,1-3H3,(H,22,24). The molecule has 1 atom stereocenters. The highest BCUT2D eigenvalue weighted by molar-refractivity contribution is 6.06. The van der Waals surface area contributed by atoms with Gasteiger partial charge in [-0.2, -0.15) is 0 Å². The number of benzene rings is 2. The molecule has 5 nitrogen and oxygen atoms in total. The van der Waals surface area contributed by atoms with Crippen molar-refractivity contribution in [3.63, 3.8) is 0 Å². The van der Waals surface area contributed by atoms with Gasteiger partial charge in [0.15, 0.2) is 0 Å². The summed E-state index contributed by atoms with van der Waals surface area (Å²) in [6.07, 6.45) is 2.44. The molecule has 3 aromatic rings. The molecule has 1 N–H and O–H groups in total. The molecule has 26 heavy (non-hydrogen) atoms. The van der Waals surface area contributed by atoms with Crippen molar-refractivity contribution >= 4 is 16.7 Å². The molecular weight excluding hydrogens is 328 g/mol. The van der Waals surface area contributed by atoms with Gasteiger partial charge in [0, 0.05) is 29.1 Å². The van der Waals surface area contributed by atoms with Crippen LogP contribution >= 0.6 is 0 Å². The van der Waals surface area contributed by atoms with Crippen LogP contribution in [-0.2, 0) is 0 Å². The van der Waals surface area contributed by atoms with E-state index in [4.69, 9.17) is 4.74 Å². The molecule has 134 valence electrons. The third kappa shape index (κ3) is 3.33. The van der Waals surface area contributed by atoms with Crippen molar-refractivity contribution in [2.75, 3.05) is 7.11 Å². The second kappa shape index (κ2) is 7.44. The minimum absolute atomic E-state index is 0.0541. The lowest BCUT2D eigenvalue weighted by atomic mass is 10.1. The van der Waals surface area contributed by atoms with Crippen LogP contribution in [-0.4, -0.2) is 23.6 Å². The van der Waals surface area contributed by atoms with Gasteiger partial charge in [0.05, 0.1) is 18.4 Å². The molecule has 0 aliphatic rings. The molecule has 5 heteroatoms. The summed E-state index contributed by atoms with van der Waals surface area (Å²) in [6, 6.07) is 14.4. The Morgan fingerprint density at radius 3 is 2.58 bits per heavy atom. The Morgan fingerprint density at radius 1 is 1.15 bits per heavy atom. The fraction of sp³-hybridized carbons (Fsp3) is 0.238. The molecule has 0 aliphatic carbocycles. The number of hydrogen-bond acceptors (Lipinski definition) is 3. The maximum Gasteiger partial charge on any atom is 0.262 e. The van der Waals surface area contributed by atoms with E-state index >= 15 is 0 Å². The van der Waals surface area contributed by atoms with Gasteiger partial charge in [0.25, 0.3) is 11.5 Å². The van der Waals surface area contributed by atoms with E-state index in [-0.39, 0.29) is 17.5 Å². The van der Waals surface area contributed by atoms with Gasteiger partial charge in [0.1, 0.15) is 5.75 Å². The first-order valence-electron chi connectivity index (χ1n) is 8.64. The summed E-state index contributed by atoms with van der Waals surface area (Å²) in [5, 5.41) is 4.14. The van der Waals surface area contributed by atoms with Crippen molar-refractivity contribution in [1.82, 2.24) is 9.88 Å². The van der Waals surface area contributed by atoms with Gasteiger partial charge < -0.3 is 10.1 Å². The van der Waals surface area contributed by atoms with Crippen molar-refractivity contribution in [2.24, 2.45) is 0 Å². The monoisotopic (exact) mass is 350 g/mol. The zero-order chi connectivity index (χ0) is 18.7. The highest BCUT2D eigenvalue weighted by Crippen LogP contribution is 2.20. The van der Waals surface area contributed by atoms with Crippen LogP contribution in [0.2, 0.25) is 0 Å². The van der Waals surface area contributed by atoms with E-state index in [0.717, 1.165) is 6.42 Å². The second-order valence-electron chi connectivity index (χ2n) is 6.25. The fourth-order valence-electron chi connectivity index (χ4n) is 2.83. The molecule has 1 amide bonds. The lowest BCUT2D eigenvalue weighted by Gasteiger charge is -2.15. The molecule has 0 spiro atoms. The number of ether oxygens (including phenoxy) is 1. The van der Waals surface area contributed by atoms with Crippen LogP contribution in [0.5, 0.6) is 5.75 Å². The first kappa shape index (κ1) is 17.7. The van der Waals surface area contributed by atoms with Crippen LogP contribution in [0.1, 0.15) is 30.6 Å². The summed E-state index contributed by atoms with van der Waals surface area (Å²) in [4.78, 5) is 25.8. The molecule has 2 aromatic carbocycles. The molecule has 0 aliphatic heterocycles. The Kier molecular flexibility index (Phi) is 5.07.